The Morgan fingerprint density at radius 2 is 1.89 bits per heavy atom. The highest BCUT2D eigenvalue weighted by Gasteiger charge is 2.46. The molecule has 0 saturated carbocycles. The van der Waals surface area contributed by atoms with Crippen LogP contribution in [0.5, 0.6) is 0 Å². The van der Waals surface area contributed by atoms with Crippen molar-refractivity contribution < 1.29 is 37.1 Å². The number of ether oxygens (including phenoxy) is 1. The molecule has 2 atom stereocenters. The van der Waals surface area contributed by atoms with Gasteiger partial charge < -0.3 is 19.3 Å². The second-order valence-corrected chi connectivity index (χ2v) is 9.14. The number of rotatable bonds is 4. The molecule has 4 rings (SSSR count). The molecule has 0 bridgehead atoms. The van der Waals surface area contributed by atoms with E-state index < -0.39 is 12.1 Å². The Hall–Kier alpha value is -2.92. The van der Waals surface area contributed by atoms with Crippen LogP contribution in [0.2, 0.25) is 0 Å². The zero-order valence-corrected chi connectivity index (χ0v) is 20.0. The number of alkyl halides is 3. The van der Waals surface area contributed by atoms with E-state index in [-0.39, 0.29) is 11.3 Å². The zero-order valence-electron chi connectivity index (χ0n) is 20.0. The van der Waals surface area contributed by atoms with Crippen LogP contribution in [0.15, 0.2) is 34.9 Å². The minimum absolute atomic E-state index is 0.157. The first-order chi connectivity index (χ1) is 16.4. The summed E-state index contributed by atoms with van der Waals surface area (Å²) in [6, 6.07) is 10.9. The molecular weight excluding hydrogens is 467 g/mol. The van der Waals surface area contributed by atoms with E-state index >= 15 is 0 Å². The quantitative estimate of drug-likeness (QED) is 0.688. The Kier molecular flexibility index (Phi) is 8.22. The first-order valence-electron chi connectivity index (χ1n) is 11.3. The van der Waals surface area contributed by atoms with Crippen molar-refractivity contribution in [3.05, 3.63) is 52.9 Å². The van der Waals surface area contributed by atoms with Crippen LogP contribution in [0, 0.1) is 19.3 Å². The monoisotopic (exact) mass is 497 g/mol. The SMILES string of the molecule is Cc1noc(C)c1CN1CC2(COCCN(C(C)c3ccccc3)C2)CC1=O.O=C(O)C(F)(F)F. The highest BCUT2D eigenvalue weighted by molar-refractivity contribution is 5.79. The zero-order chi connectivity index (χ0) is 25.8. The minimum Gasteiger partial charge on any atom is -0.475 e. The Morgan fingerprint density at radius 3 is 2.46 bits per heavy atom. The van der Waals surface area contributed by atoms with Crippen molar-refractivity contribution in [1.29, 1.82) is 0 Å². The maximum absolute atomic E-state index is 12.9. The van der Waals surface area contributed by atoms with Crippen molar-refractivity contribution in [3.8, 4) is 0 Å². The van der Waals surface area contributed by atoms with Gasteiger partial charge in [-0.2, -0.15) is 13.2 Å². The topological polar surface area (TPSA) is 96.1 Å². The van der Waals surface area contributed by atoms with E-state index in [0.717, 1.165) is 30.1 Å². The Balaban J connectivity index is 0.000000429. The lowest BCUT2D eigenvalue weighted by molar-refractivity contribution is -0.192. The number of carboxylic acid groups (broad SMARTS) is 1. The van der Waals surface area contributed by atoms with E-state index in [1.165, 1.54) is 5.56 Å². The largest absolute Gasteiger partial charge is 0.490 e. The van der Waals surface area contributed by atoms with Gasteiger partial charge in [-0.1, -0.05) is 35.5 Å². The molecule has 1 aromatic heterocycles. The van der Waals surface area contributed by atoms with Crippen molar-refractivity contribution in [2.75, 3.05) is 32.8 Å². The summed E-state index contributed by atoms with van der Waals surface area (Å²) in [5.41, 5.74) is 3.03. The molecule has 2 saturated heterocycles. The third-order valence-corrected chi connectivity index (χ3v) is 6.48. The molecule has 0 aliphatic carbocycles. The number of halogens is 3. The molecule has 2 aromatic rings. The first-order valence-corrected chi connectivity index (χ1v) is 11.3. The summed E-state index contributed by atoms with van der Waals surface area (Å²) in [7, 11) is 0. The van der Waals surface area contributed by atoms with Crippen LogP contribution < -0.4 is 0 Å². The second kappa shape index (κ2) is 10.8. The molecule has 1 aromatic carbocycles. The highest BCUT2D eigenvalue weighted by atomic mass is 19.4. The van der Waals surface area contributed by atoms with Crippen LogP contribution in [-0.2, 0) is 20.9 Å². The van der Waals surface area contributed by atoms with E-state index in [1.807, 2.05) is 24.8 Å². The van der Waals surface area contributed by atoms with Gasteiger partial charge in [-0.05, 0) is 26.3 Å². The molecular formula is C24H30F3N3O5. The number of amides is 1. The van der Waals surface area contributed by atoms with Gasteiger partial charge in [0.05, 0.1) is 25.5 Å². The standard InChI is InChI=1S/C22H29N3O3.C2HF3O2/c1-16-20(18(3)28-23-16)12-25-14-22(11-21(25)26)13-24(9-10-27-15-22)17(2)19-7-5-4-6-8-19;3-2(4,5)1(6)7/h4-8,17H,9-15H2,1-3H3;(H,6,7). The smallest absolute Gasteiger partial charge is 0.475 e. The summed E-state index contributed by atoms with van der Waals surface area (Å²) in [4.78, 5) is 26.2. The van der Waals surface area contributed by atoms with Gasteiger partial charge >= 0.3 is 12.1 Å². The Bertz CT molecular complexity index is 1010. The fourth-order valence-electron chi connectivity index (χ4n) is 4.55. The normalized spacial score (nSPS) is 22.0. The summed E-state index contributed by atoms with van der Waals surface area (Å²) < 4.78 is 43.0. The fourth-order valence-corrected chi connectivity index (χ4v) is 4.55. The van der Waals surface area contributed by atoms with E-state index in [2.05, 4.69) is 41.2 Å². The number of hydrogen-bond acceptors (Lipinski definition) is 6. The average Bonchev–Trinajstić information content (AvgIpc) is 3.19. The number of hydrogen-bond donors (Lipinski definition) is 1. The van der Waals surface area contributed by atoms with E-state index in [9.17, 15) is 18.0 Å². The number of carbonyl (C=O) groups excluding carboxylic acids is 1. The summed E-state index contributed by atoms with van der Waals surface area (Å²) in [5, 5.41) is 11.2. The third-order valence-electron chi connectivity index (χ3n) is 6.48. The van der Waals surface area contributed by atoms with E-state index in [0.29, 0.717) is 38.8 Å². The molecule has 3 heterocycles. The van der Waals surface area contributed by atoms with Gasteiger partial charge in [-0.15, -0.1) is 0 Å². The molecule has 1 amide bonds. The third kappa shape index (κ3) is 6.61. The predicted molar refractivity (Wildman–Crippen MR) is 119 cm³/mol. The van der Waals surface area contributed by atoms with Gasteiger partial charge in [0.2, 0.25) is 5.91 Å². The predicted octanol–water partition coefficient (Wildman–Crippen LogP) is 3.74. The van der Waals surface area contributed by atoms with Gasteiger partial charge in [-0.25, -0.2) is 4.79 Å². The lowest BCUT2D eigenvalue weighted by Gasteiger charge is -2.35. The lowest BCUT2D eigenvalue weighted by atomic mass is 9.86. The number of aryl methyl sites for hydroxylation is 2. The number of aliphatic carboxylic acids is 1. The minimum atomic E-state index is -5.08. The van der Waals surface area contributed by atoms with E-state index in [1.54, 1.807) is 0 Å². The molecule has 2 aliphatic rings. The molecule has 0 radical (unpaired) electrons. The maximum atomic E-state index is 12.9. The van der Waals surface area contributed by atoms with E-state index in [4.69, 9.17) is 19.2 Å². The van der Waals surface area contributed by atoms with Crippen molar-refractivity contribution in [2.24, 2.45) is 5.41 Å². The summed E-state index contributed by atoms with van der Waals surface area (Å²) in [5.74, 6) is -1.77. The van der Waals surface area contributed by atoms with Crippen molar-refractivity contribution in [3.63, 3.8) is 0 Å². The first kappa shape index (κ1) is 26.7. The van der Waals surface area contributed by atoms with Gasteiger partial charge in [0, 0.05) is 43.1 Å². The molecule has 8 nitrogen and oxygen atoms in total. The Morgan fingerprint density at radius 1 is 1.23 bits per heavy atom. The molecule has 192 valence electrons. The number of carbonyl (C=O) groups is 2. The van der Waals surface area contributed by atoms with Crippen molar-refractivity contribution in [1.82, 2.24) is 15.0 Å². The molecule has 1 spiro atoms. The number of benzene rings is 1. The summed E-state index contributed by atoms with van der Waals surface area (Å²) in [6.07, 6.45) is -4.55. The fraction of sp³-hybridized carbons (Fsp3) is 0.542. The molecule has 35 heavy (non-hydrogen) atoms. The number of likely N-dealkylation sites (tertiary alicyclic amines) is 1. The van der Waals surface area contributed by atoms with Crippen molar-refractivity contribution >= 4 is 11.9 Å². The number of aromatic nitrogens is 1. The maximum Gasteiger partial charge on any atom is 0.490 e. The molecule has 2 aliphatic heterocycles. The van der Waals surface area contributed by atoms with Crippen LogP contribution in [0.1, 0.15) is 42.0 Å². The molecule has 2 unspecified atom stereocenters. The van der Waals surface area contributed by atoms with Gasteiger partial charge in [-0.3, -0.25) is 9.69 Å². The average molecular weight is 498 g/mol. The summed E-state index contributed by atoms with van der Waals surface area (Å²) >= 11 is 0. The molecule has 1 N–H and O–H groups in total. The number of nitrogens with zero attached hydrogens (tertiary/aromatic N) is 3. The second-order valence-electron chi connectivity index (χ2n) is 9.14. The lowest BCUT2D eigenvalue weighted by Crippen LogP contribution is -2.41. The van der Waals surface area contributed by atoms with Crippen LogP contribution in [-0.4, -0.2) is 71.0 Å². The van der Waals surface area contributed by atoms with Gasteiger partial charge in [0.1, 0.15) is 5.76 Å². The van der Waals surface area contributed by atoms with Gasteiger partial charge in [0.25, 0.3) is 0 Å². The summed E-state index contributed by atoms with van der Waals surface area (Å²) in [6.45, 7) is 10.5. The highest BCUT2D eigenvalue weighted by Crippen LogP contribution is 2.37. The molecule has 2 fully saturated rings. The van der Waals surface area contributed by atoms with Crippen LogP contribution in [0.3, 0.4) is 0 Å². The van der Waals surface area contributed by atoms with Crippen molar-refractivity contribution in [2.45, 2.75) is 46.0 Å². The van der Waals surface area contributed by atoms with Crippen LogP contribution >= 0.6 is 0 Å². The number of carboxylic acids is 1. The van der Waals surface area contributed by atoms with Gasteiger partial charge in [0.15, 0.2) is 0 Å². The molecule has 11 heteroatoms. The van der Waals surface area contributed by atoms with Crippen LogP contribution in [0.25, 0.3) is 0 Å². The Labute approximate surface area is 201 Å². The van der Waals surface area contributed by atoms with Crippen LogP contribution in [0.4, 0.5) is 13.2 Å².